The molecular weight excluding hydrogens is 466 g/mol. The second-order valence-electron chi connectivity index (χ2n) is 11.3. The second kappa shape index (κ2) is 12.7. The Morgan fingerprint density at radius 1 is 0.816 bits per heavy atom. The molecule has 0 spiro atoms. The summed E-state index contributed by atoms with van der Waals surface area (Å²) in [4.78, 5) is 20.7. The highest BCUT2D eigenvalue weighted by Gasteiger charge is 2.47. The normalized spacial score (nSPS) is 22.1. The number of likely N-dealkylation sites (tertiary alicyclic amines) is 2. The van der Waals surface area contributed by atoms with E-state index in [0.717, 1.165) is 70.8 Å². The van der Waals surface area contributed by atoms with Crippen LogP contribution < -0.4 is 4.90 Å². The number of carbonyl (C=O) groups excluding carboxylic acids is 1. The third kappa shape index (κ3) is 6.54. The van der Waals surface area contributed by atoms with Crippen molar-refractivity contribution in [2.75, 3.05) is 50.7 Å². The summed E-state index contributed by atoms with van der Waals surface area (Å²) in [6.07, 6.45) is 5.08. The van der Waals surface area contributed by atoms with Crippen LogP contribution >= 0.6 is 0 Å². The monoisotopic (exact) mass is 509 g/mol. The van der Waals surface area contributed by atoms with Gasteiger partial charge in [-0.1, -0.05) is 85.8 Å². The Labute approximate surface area is 229 Å². The molecule has 4 nitrogen and oxygen atoms in total. The Hall–Kier alpha value is -2.95. The van der Waals surface area contributed by atoms with Gasteiger partial charge in [-0.15, -0.1) is 0 Å². The first-order chi connectivity index (χ1) is 18.6. The minimum Gasteiger partial charge on any atom is -0.312 e. The van der Waals surface area contributed by atoms with E-state index in [1.807, 2.05) is 13.0 Å². The van der Waals surface area contributed by atoms with Gasteiger partial charge in [-0.2, -0.15) is 0 Å². The van der Waals surface area contributed by atoms with Crippen molar-refractivity contribution >= 4 is 11.6 Å². The SMILES string of the molecule is CCC(=O)N(C[C@]12CCN(CCc3ccccc3)CC1CCN(CCc1ccccc1)C2)c1ccccc1. The topological polar surface area (TPSA) is 26.8 Å². The summed E-state index contributed by atoms with van der Waals surface area (Å²) in [5, 5.41) is 0. The molecule has 1 unspecified atom stereocenters. The minimum absolute atomic E-state index is 0.124. The van der Waals surface area contributed by atoms with Crippen LogP contribution in [0.4, 0.5) is 5.69 Å². The maximum Gasteiger partial charge on any atom is 0.226 e. The van der Waals surface area contributed by atoms with Gasteiger partial charge in [0.2, 0.25) is 5.91 Å². The molecule has 3 aromatic rings. The second-order valence-corrected chi connectivity index (χ2v) is 11.3. The Morgan fingerprint density at radius 3 is 2.00 bits per heavy atom. The zero-order valence-corrected chi connectivity index (χ0v) is 23.0. The highest BCUT2D eigenvalue weighted by Crippen LogP contribution is 2.44. The lowest BCUT2D eigenvalue weighted by Crippen LogP contribution is -2.61. The lowest BCUT2D eigenvalue weighted by Gasteiger charge is -2.55. The highest BCUT2D eigenvalue weighted by atomic mass is 16.2. The molecule has 0 saturated carbocycles. The Morgan fingerprint density at radius 2 is 1.39 bits per heavy atom. The molecule has 0 bridgehead atoms. The van der Waals surface area contributed by atoms with Gasteiger partial charge in [0.05, 0.1) is 0 Å². The average molecular weight is 510 g/mol. The first kappa shape index (κ1) is 26.6. The summed E-state index contributed by atoms with van der Waals surface area (Å²) in [7, 11) is 0. The van der Waals surface area contributed by atoms with Crippen LogP contribution in [0.15, 0.2) is 91.0 Å². The van der Waals surface area contributed by atoms with Gasteiger partial charge in [0.15, 0.2) is 0 Å². The molecule has 4 heteroatoms. The van der Waals surface area contributed by atoms with Crippen LogP contribution in [-0.4, -0.2) is 61.5 Å². The lowest BCUT2D eigenvalue weighted by atomic mass is 9.65. The summed E-state index contributed by atoms with van der Waals surface area (Å²) < 4.78 is 0. The van der Waals surface area contributed by atoms with Gasteiger partial charge in [-0.05, 0) is 68.0 Å². The first-order valence-corrected chi connectivity index (χ1v) is 14.5. The van der Waals surface area contributed by atoms with Crippen LogP contribution in [0.25, 0.3) is 0 Å². The third-order valence-electron chi connectivity index (χ3n) is 8.87. The summed E-state index contributed by atoms with van der Waals surface area (Å²) in [5.74, 6) is 0.841. The smallest absolute Gasteiger partial charge is 0.226 e. The largest absolute Gasteiger partial charge is 0.312 e. The number of carbonyl (C=O) groups is 1. The molecule has 1 amide bonds. The number of rotatable bonds is 10. The van der Waals surface area contributed by atoms with E-state index >= 15 is 0 Å². The van der Waals surface area contributed by atoms with Gasteiger partial charge in [-0.3, -0.25) is 4.79 Å². The number of para-hydroxylation sites is 1. The Kier molecular flexibility index (Phi) is 8.93. The number of fused-ring (bicyclic) bond motifs is 1. The van der Waals surface area contributed by atoms with Crippen molar-refractivity contribution in [1.82, 2.24) is 9.80 Å². The number of hydrogen-bond donors (Lipinski definition) is 0. The van der Waals surface area contributed by atoms with Gasteiger partial charge in [0.1, 0.15) is 0 Å². The molecule has 2 atom stereocenters. The average Bonchev–Trinajstić information content (AvgIpc) is 2.99. The maximum absolute atomic E-state index is 13.3. The number of piperidine rings is 2. The Balaban J connectivity index is 1.33. The highest BCUT2D eigenvalue weighted by molar-refractivity contribution is 5.93. The van der Waals surface area contributed by atoms with Gasteiger partial charge >= 0.3 is 0 Å². The van der Waals surface area contributed by atoms with Crippen molar-refractivity contribution in [3.05, 3.63) is 102 Å². The fourth-order valence-corrected chi connectivity index (χ4v) is 6.60. The van der Waals surface area contributed by atoms with Crippen molar-refractivity contribution in [3.63, 3.8) is 0 Å². The molecule has 200 valence electrons. The molecule has 2 heterocycles. The molecule has 2 aliphatic heterocycles. The zero-order valence-electron chi connectivity index (χ0n) is 23.0. The predicted molar refractivity (Wildman–Crippen MR) is 157 cm³/mol. The van der Waals surface area contributed by atoms with E-state index in [1.54, 1.807) is 0 Å². The van der Waals surface area contributed by atoms with Crippen LogP contribution in [0.3, 0.4) is 0 Å². The fraction of sp³-hybridized carbons (Fsp3) is 0.441. The molecule has 0 N–H and O–H groups in total. The molecule has 0 aliphatic carbocycles. The van der Waals surface area contributed by atoms with Crippen LogP contribution in [0.2, 0.25) is 0 Å². The van der Waals surface area contributed by atoms with E-state index in [2.05, 4.69) is 99.6 Å². The summed E-state index contributed by atoms with van der Waals surface area (Å²) >= 11 is 0. The van der Waals surface area contributed by atoms with Crippen molar-refractivity contribution < 1.29 is 4.79 Å². The van der Waals surface area contributed by atoms with E-state index in [4.69, 9.17) is 0 Å². The predicted octanol–water partition coefficient (Wildman–Crippen LogP) is 5.93. The van der Waals surface area contributed by atoms with E-state index < -0.39 is 0 Å². The minimum atomic E-state index is 0.124. The molecule has 38 heavy (non-hydrogen) atoms. The summed E-state index contributed by atoms with van der Waals surface area (Å²) in [6, 6.07) is 32.1. The maximum atomic E-state index is 13.3. The molecule has 2 saturated heterocycles. The molecule has 2 aliphatic rings. The number of anilines is 1. The lowest BCUT2D eigenvalue weighted by molar-refractivity contribution is -0.119. The molecule has 2 fully saturated rings. The molecule has 5 rings (SSSR count). The first-order valence-electron chi connectivity index (χ1n) is 14.5. The Bertz CT molecular complexity index is 1140. The molecular formula is C34H43N3O. The van der Waals surface area contributed by atoms with E-state index in [1.165, 1.54) is 17.5 Å². The number of benzene rings is 3. The van der Waals surface area contributed by atoms with E-state index in [-0.39, 0.29) is 11.3 Å². The van der Waals surface area contributed by atoms with Gasteiger partial charge in [-0.25, -0.2) is 0 Å². The summed E-state index contributed by atoms with van der Waals surface area (Å²) in [6.45, 7) is 9.50. The van der Waals surface area contributed by atoms with E-state index in [0.29, 0.717) is 12.3 Å². The van der Waals surface area contributed by atoms with Crippen LogP contribution in [0.5, 0.6) is 0 Å². The molecule has 3 aromatic carbocycles. The van der Waals surface area contributed by atoms with Crippen molar-refractivity contribution in [1.29, 1.82) is 0 Å². The van der Waals surface area contributed by atoms with Crippen molar-refractivity contribution in [3.8, 4) is 0 Å². The van der Waals surface area contributed by atoms with Crippen LogP contribution in [-0.2, 0) is 17.6 Å². The van der Waals surface area contributed by atoms with Crippen LogP contribution in [0, 0.1) is 11.3 Å². The molecule has 0 aromatic heterocycles. The quantitative estimate of drug-likeness (QED) is 0.339. The fourth-order valence-electron chi connectivity index (χ4n) is 6.60. The van der Waals surface area contributed by atoms with Gasteiger partial charge in [0, 0.05) is 50.2 Å². The molecule has 0 radical (unpaired) electrons. The van der Waals surface area contributed by atoms with Crippen molar-refractivity contribution in [2.45, 2.75) is 39.0 Å². The van der Waals surface area contributed by atoms with Gasteiger partial charge in [0.25, 0.3) is 0 Å². The zero-order chi connectivity index (χ0) is 26.2. The van der Waals surface area contributed by atoms with Crippen molar-refractivity contribution in [2.24, 2.45) is 11.3 Å². The standard InChI is InChI=1S/C34H43N3O/c1-2-33(38)37(32-16-10-5-11-17-32)28-34-21-25-35(22-18-29-12-6-3-7-13-29)26-31(34)20-24-36(27-34)23-19-30-14-8-4-9-15-30/h3-17,31H,2,18-28H2,1H3/t31?,34-/m1/s1. The number of amides is 1. The summed E-state index contributed by atoms with van der Waals surface area (Å²) in [5.41, 5.74) is 3.99. The number of hydrogen-bond acceptors (Lipinski definition) is 3. The van der Waals surface area contributed by atoms with Crippen LogP contribution in [0.1, 0.15) is 37.3 Å². The number of nitrogens with zero attached hydrogens (tertiary/aromatic N) is 3. The third-order valence-corrected chi connectivity index (χ3v) is 8.87. The van der Waals surface area contributed by atoms with Gasteiger partial charge < -0.3 is 14.7 Å². The van der Waals surface area contributed by atoms with E-state index in [9.17, 15) is 4.79 Å².